The van der Waals surface area contributed by atoms with Crippen LogP contribution < -0.4 is 0 Å². The average Bonchev–Trinajstić information content (AvgIpc) is 2.73. The number of rotatable bonds is 4. The van der Waals surface area contributed by atoms with Gasteiger partial charge in [0.25, 0.3) is 0 Å². The van der Waals surface area contributed by atoms with Crippen molar-refractivity contribution in [2.45, 2.75) is 32.6 Å². The maximum absolute atomic E-state index is 5.46. The number of methoxy groups -OCH3 is 2. The highest BCUT2D eigenvalue weighted by atomic mass is 16.5. The first kappa shape index (κ1) is 11.4. The van der Waals surface area contributed by atoms with Crippen molar-refractivity contribution in [3.05, 3.63) is 0 Å². The van der Waals surface area contributed by atoms with Crippen LogP contribution in [0.15, 0.2) is 0 Å². The highest BCUT2D eigenvalue weighted by molar-refractivity contribution is 5.02. The highest BCUT2D eigenvalue weighted by Crippen LogP contribution is 2.57. The van der Waals surface area contributed by atoms with Gasteiger partial charge in [-0.05, 0) is 37.0 Å². The van der Waals surface area contributed by atoms with Crippen LogP contribution in [-0.2, 0) is 9.47 Å². The molecule has 0 aromatic rings. The molecule has 0 unspecified atom stereocenters. The summed E-state index contributed by atoms with van der Waals surface area (Å²) in [5.41, 5.74) is 0.323. The Labute approximate surface area is 93.3 Å². The van der Waals surface area contributed by atoms with E-state index in [-0.39, 0.29) is 0 Å². The summed E-state index contributed by atoms with van der Waals surface area (Å²) in [7, 11) is 3.65. The quantitative estimate of drug-likeness (QED) is 0.713. The van der Waals surface area contributed by atoms with Gasteiger partial charge in [0.2, 0.25) is 0 Å². The van der Waals surface area contributed by atoms with Crippen LogP contribution in [0, 0.1) is 23.2 Å². The molecule has 0 heterocycles. The van der Waals surface area contributed by atoms with Crippen molar-refractivity contribution < 1.29 is 9.47 Å². The molecule has 0 aromatic heterocycles. The second-order valence-corrected chi connectivity index (χ2v) is 5.61. The molecule has 0 aromatic carbocycles. The molecule has 88 valence electrons. The van der Waals surface area contributed by atoms with E-state index >= 15 is 0 Å². The van der Waals surface area contributed by atoms with E-state index in [0.717, 1.165) is 31.0 Å². The third kappa shape index (κ3) is 1.83. The second-order valence-electron chi connectivity index (χ2n) is 5.61. The van der Waals surface area contributed by atoms with Crippen molar-refractivity contribution in [1.82, 2.24) is 0 Å². The lowest BCUT2D eigenvalue weighted by molar-refractivity contribution is -0.0187. The van der Waals surface area contributed by atoms with Crippen molar-refractivity contribution in [3.63, 3.8) is 0 Å². The lowest BCUT2D eigenvalue weighted by atomic mass is 9.77. The topological polar surface area (TPSA) is 18.5 Å². The van der Waals surface area contributed by atoms with Crippen LogP contribution in [0.1, 0.15) is 32.6 Å². The van der Waals surface area contributed by atoms with Gasteiger partial charge in [-0.3, -0.25) is 0 Å². The predicted molar refractivity (Wildman–Crippen MR) is 60.8 cm³/mol. The van der Waals surface area contributed by atoms with Crippen LogP contribution in [0.4, 0.5) is 0 Å². The van der Waals surface area contributed by atoms with Crippen LogP contribution >= 0.6 is 0 Å². The summed E-state index contributed by atoms with van der Waals surface area (Å²) in [4.78, 5) is 0. The minimum atomic E-state index is 0.323. The highest BCUT2D eigenvalue weighted by Gasteiger charge is 2.53. The Morgan fingerprint density at radius 1 is 1.13 bits per heavy atom. The van der Waals surface area contributed by atoms with Gasteiger partial charge in [0, 0.05) is 19.6 Å². The van der Waals surface area contributed by atoms with Crippen molar-refractivity contribution >= 4 is 0 Å². The Morgan fingerprint density at radius 3 is 2.40 bits per heavy atom. The minimum absolute atomic E-state index is 0.323. The van der Waals surface area contributed by atoms with Crippen LogP contribution in [0.3, 0.4) is 0 Å². The first-order valence-corrected chi connectivity index (χ1v) is 6.21. The van der Waals surface area contributed by atoms with Gasteiger partial charge >= 0.3 is 0 Å². The number of hydrogen-bond acceptors (Lipinski definition) is 2. The van der Waals surface area contributed by atoms with Crippen molar-refractivity contribution in [2.24, 2.45) is 23.2 Å². The molecule has 2 aliphatic rings. The number of hydrogen-bond donors (Lipinski definition) is 0. The van der Waals surface area contributed by atoms with E-state index in [4.69, 9.17) is 9.47 Å². The molecule has 2 fully saturated rings. The lowest BCUT2D eigenvalue weighted by Gasteiger charge is -2.34. The molecule has 0 saturated heterocycles. The second kappa shape index (κ2) is 4.42. The van der Waals surface area contributed by atoms with Gasteiger partial charge < -0.3 is 9.47 Å². The zero-order valence-corrected chi connectivity index (χ0v) is 10.3. The molecule has 0 amide bonds. The maximum atomic E-state index is 5.46. The van der Waals surface area contributed by atoms with E-state index in [1.165, 1.54) is 25.7 Å². The molecule has 2 nitrogen and oxygen atoms in total. The van der Waals surface area contributed by atoms with Crippen LogP contribution in [0.5, 0.6) is 0 Å². The van der Waals surface area contributed by atoms with Gasteiger partial charge in [-0.25, -0.2) is 0 Å². The van der Waals surface area contributed by atoms with E-state index in [0.29, 0.717) is 5.41 Å². The van der Waals surface area contributed by atoms with Crippen LogP contribution in [0.2, 0.25) is 0 Å². The predicted octanol–water partition coefficient (Wildman–Crippen LogP) is 2.72. The zero-order chi connectivity index (χ0) is 10.9. The molecular formula is C13H24O2. The fourth-order valence-corrected chi connectivity index (χ4v) is 4.32. The summed E-state index contributed by atoms with van der Waals surface area (Å²) in [5, 5.41) is 0. The standard InChI is InChI=1S/C13H24O2/c1-10-7-13(8-14-2,9-15-3)12-6-4-5-11(10)12/h10-12H,4-9H2,1-3H3/t10-,11+,12+/m1/s1. The van der Waals surface area contributed by atoms with Crippen molar-refractivity contribution in [3.8, 4) is 0 Å². The van der Waals surface area contributed by atoms with Gasteiger partial charge in [-0.1, -0.05) is 13.3 Å². The Morgan fingerprint density at radius 2 is 1.80 bits per heavy atom. The molecule has 0 N–H and O–H groups in total. The normalized spacial score (nSPS) is 38.2. The third-order valence-electron chi connectivity index (χ3n) is 4.68. The van der Waals surface area contributed by atoms with E-state index in [9.17, 15) is 0 Å². The first-order chi connectivity index (χ1) is 7.23. The minimum Gasteiger partial charge on any atom is -0.384 e. The van der Waals surface area contributed by atoms with Crippen molar-refractivity contribution in [2.75, 3.05) is 27.4 Å². The van der Waals surface area contributed by atoms with E-state index < -0.39 is 0 Å². The number of fused-ring (bicyclic) bond motifs is 1. The largest absolute Gasteiger partial charge is 0.384 e. The Hall–Kier alpha value is -0.0800. The SMILES string of the molecule is COCC1(COC)C[C@@H](C)[C@@H]2CCC[C@@H]21. The fourth-order valence-electron chi connectivity index (χ4n) is 4.32. The molecular weight excluding hydrogens is 188 g/mol. The molecule has 2 aliphatic carbocycles. The van der Waals surface area contributed by atoms with Crippen LogP contribution in [0.25, 0.3) is 0 Å². The van der Waals surface area contributed by atoms with E-state index in [2.05, 4.69) is 6.92 Å². The molecule has 3 atom stereocenters. The Bertz CT molecular complexity index is 209. The van der Waals surface area contributed by atoms with Gasteiger partial charge in [0.1, 0.15) is 0 Å². The Kier molecular flexibility index (Phi) is 3.36. The molecule has 0 spiro atoms. The zero-order valence-electron chi connectivity index (χ0n) is 10.3. The summed E-state index contributed by atoms with van der Waals surface area (Å²) in [6.45, 7) is 4.18. The molecule has 15 heavy (non-hydrogen) atoms. The molecule has 2 saturated carbocycles. The van der Waals surface area contributed by atoms with Gasteiger partial charge in [-0.15, -0.1) is 0 Å². The molecule has 0 bridgehead atoms. The third-order valence-corrected chi connectivity index (χ3v) is 4.68. The first-order valence-electron chi connectivity index (χ1n) is 6.21. The molecule has 0 radical (unpaired) electrons. The molecule has 2 rings (SSSR count). The van der Waals surface area contributed by atoms with E-state index in [1.54, 1.807) is 0 Å². The average molecular weight is 212 g/mol. The van der Waals surface area contributed by atoms with E-state index in [1.807, 2.05) is 14.2 Å². The smallest absolute Gasteiger partial charge is 0.0543 e. The van der Waals surface area contributed by atoms with Crippen LogP contribution in [-0.4, -0.2) is 27.4 Å². The fraction of sp³-hybridized carbons (Fsp3) is 1.00. The molecule has 0 aliphatic heterocycles. The van der Waals surface area contributed by atoms with Crippen molar-refractivity contribution in [1.29, 1.82) is 0 Å². The summed E-state index contributed by atoms with van der Waals surface area (Å²) in [5.74, 6) is 2.66. The monoisotopic (exact) mass is 212 g/mol. The number of ether oxygens (including phenoxy) is 2. The molecule has 2 heteroatoms. The van der Waals surface area contributed by atoms with Gasteiger partial charge in [0.15, 0.2) is 0 Å². The van der Waals surface area contributed by atoms with Gasteiger partial charge in [0.05, 0.1) is 13.2 Å². The summed E-state index contributed by atoms with van der Waals surface area (Å²) < 4.78 is 10.9. The Balaban J connectivity index is 2.16. The maximum Gasteiger partial charge on any atom is 0.0543 e. The summed E-state index contributed by atoms with van der Waals surface area (Å²) in [6, 6.07) is 0. The summed E-state index contributed by atoms with van der Waals surface area (Å²) in [6.07, 6.45) is 5.53. The van der Waals surface area contributed by atoms with Gasteiger partial charge in [-0.2, -0.15) is 0 Å². The summed E-state index contributed by atoms with van der Waals surface area (Å²) >= 11 is 0. The lowest BCUT2D eigenvalue weighted by Crippen LogP contribution is -2.35.